The molecule has 0 aromatic heterocycles. The van der Waals surface area contributed by atoms with E-state index in [4.69, 9.17) is 5.73 Å². The lowest BCUT2D eigenvalue weighted by molar-refractivity contribution is -0.274. The van der Waals surface area contributed by atoms with E-state index >= 15 is 0 Å². The third-order valence-electron chi connectivity index (χ3n) is 1.68. The molecule has 0 saturated carbocycles. The Hall–Kier alpha value is -1.24. The number of halogens is 4. The monoisotopic (exact) mass is 297 g/mol. The summed E-state index contributed by atoms with van der Waals surface area (Å²) < 4.78 is 39.4. The number of hydrogen-bond donors (Lipinski definition) is 1. The van der Waals surface area contributed by atoms with Crippen molar-refractivity contribution in [1.29, 1.82) is 0 Å². The van der Waals surface area contributed by atoms with Gasteiger partial charge in [-0.05, 0) is 18.2 Å². The second kappa shape index (κ2) is 4.73. The highest BCUT2D eigenvalue weighted by molar-refractivity contribution is 9.09. The van der Waals surface area contributed by atoms with Crippen molar-refractivity contribution in [3.05, 3.63) is 23.8 Å². The highest BCUT2D eigenvalue weighted by Crippen LogP contribution is 2.26. The third kappa shape index (κ3) is 3.41. The van der Waals surface area contributed by atoms with E-state index in [2.05, 4.69) is 20.7 Å². The number of carbonyl (C=O) groups excluding carboxylic acids is 1. The Bertz CT molecular complexity index is 406. The topological polar surface area (TPSA) is 52.3 Å². The Morgan fingerprint density at radius 2 is 2.06 bits per heavy atom. The molecule has 0 radical (unpaired) electrons. The summed E-state index contributed by atoms with van der Waals surface area (Å²) in [5.74, 6) is -0.879. The van der Waals surface area contributed by atoms with Gasteiger partial charge in [-0.25, -0.2) is 0 Å². The smallest absolute Gasteiger partial charge is 0.406 e. The summed E-state index contributed by atoms with van der Waals surface area (Å²) in [7, 11) is 0. The molecule has 7 heteroatoms. The van der Waals surface area contributed by atoms with Gasteiger partial charge in [-0.3, -0.25) is 4.79 Å². The number of alkyl halides is 4. The van der Waals surface area contributed by atoms with Crippen LogP contribution in [0.25, 0.3) is 0 Å². The van der Waals surface area contributed by atoms with Crippen molar-refractivity contribution in [3.63, 3.8) is 0 Å². The van der Waals surface area contributed by atoms with Gasteiger partial charge in [-0.1, -0.05) is 15.9 Å². The highest BCUT2D eigenvalue weighted by Gasteiger charge is 2.31. The summed E-state index contributed by atoms with van der Waals surface area (Å²) in [6.07, 6.45) is -4.79. The zero-order valence-electron chi connectivity index (χ0n) is 7.84. The molecule has 0 unspecified atom stereocenters. The zero-order valence-corrected chi connectivity index (χ0v) is 9.43. The van der Waals surface area contributed by atoms with E-state index in [9.17, 15) is 18.0 Å². The van der Waals surface area contributed by atoms with E-state index in [1.165, 1.54) is 6.07 Å². The lowest BCUT2D eigenvalue weighted by atomic mass is 10.1. The van der Waals surface area contributed by atoms with Crippen LogP contribution in [0, 0.1) is 0 Å². The number of anilines is 1. The maximum atomic E-state index is 11.9. The molecule has 1 aromatic rings. The van der Waals surface area contributed by atoms with Crippen LogP contribution >= 0.6 is 15.9 Å². The van der Waals surface area contributed by atoms with Crippen molar-refractivity contribution >= 4 is 27.4 Å². The van der Waals surface area contributed by atoms with E-state index in [0.29, 0.717) is 0 Å². The number of ketones is 1. The molecule has 0 aliphatic heterocycles. The molecule has 0 fully saturated rings. The van der Waals surface area contributed by atoms with Gasteiger partial charge in [0, 0.05) is 11.3 Å². The molecule has 1 rings (SSSR count). The van der Waals surface area contributed by atoms with Gasteiger partial charge in [0.25, 0.3) is 0 Å². The van der Waals surface area contributed by atoms with E-state index in [1.54, 1.807) is 0 Å². The van der Waals surface area contributed by atoms with E-state index in [-0.39, 0.29) is 16.6 Å². The highest BCUT2D eigenvalue weighted by atomic mass is 79.9. The lowest BCUT2D eigenvalue weighted by Crippen LogP contribution is -2.17. The number of nitrogens with two attached hydrogens (primary N) is 1. The number of carbonyl (C=O) groups is 1. The first-order valence-corrected chi connectivity index (χ1v) is 5.20. The number of rotatable bonds is 3. The SMILES string of the molecule is Nc1ccc(OC(F)(F)F)cc1C(=O)CBr. The summed E-state index contributed by atoms with van der Waals surface area (Å²) in [4.78, 5) is 11.3. The van der Waals surface area contributed by atoms with Crippen LogP contribution in [-0.4, -0.2) is 17.5 Å². The van der Waals surface area contributed by atoms with Crippen LogP contribution < -0.4 is 10.5 Å². The maximum absolute atomic E-state index is 11.9. The van der Waals surface area contributed by atoms with Crippen LogP contribution in [0.15, 0.2) is 18.2 Å². The first-order valence-electron chi connectivity index (χ1n) is 4.08. The minimum Gasteiger partial charge on any atom is -0.406 e. The summed E-state index contributed by atoms with van der Waals surface area (Å²) in [6.45, 7) is 0. The van der Waals surface area contributed by atoms with Crippen molar-refractivity contribution in [2.24, 2.45) is 0 Å². The quantitative estimate of drug-likeness (QED) is 0.530. The van der Waals surface area contributed by atoms with E-state index in [0.717, 1.165) is 12.1 Å². The molecule has 0 amide bonds. The second-order valence-corrected chi connectivity index (χ2v) is 3.41. The minimum atomic E-state index is -4.79. The van der Waals surface area contributed by atoms with Gasteiger partial charge < -0.3 is 10.5 Å². The van der Waals surface area contributed by atoms with Crippen LogP contribution in [0.2, 0.25) is 0 Å². The molecule has 2 N–H and O–H groups in total. The van der Waals surface area contributed by atoms with Gasteiger partial charge in [0.1, 0.15) is 5.75 Å². The van der Waals surface area contributed by atoms with Gasteiger partial charge >= 0.3 is 6.36 Å². The molecule has 0 heterocycles. The summed E-state index contributed by atoms with van der Waals surface area (Å²) in [6, 6.07) is 3.21. The van der Waals surface area contributed by atoms with Crippen LogP contribution in [0.1, 0.15) is 10.4 Å². The van der Waals surface area contributed by atoms with Crippen molar-refractivity contribution in [1.82, 2.24) is 0 Å². The number of Topliss-reactive ketones (excluding diaryl/α,β-unsaturated/α-hetero) is 1. The number of ether oxygens (including phenoxy) is 1. The fourth-order valence-corrected chi connectivity index (χ4v) is 1.35. The van der Waals surface area contributed by atoms with Crippen molar-refractivity contribution in [2.45, 2.75) is 6.36 Å². The van der Waals surface area contributed by atoms with Crippen LogP contribution in [-0.2, 0) is 0 Å². The minimum absolute atomic E-state index is 0.00127. The largest absolute Gasteiger partial charge is 0.573 e. The molecule has 16 heavy (non-hydrogen) atoms. The molecule has 1 aromatic carbocycles. The molecule has 0 aliphatic rings. The average molecular weight is 298 g/mol. The van der Waals surface area contributed by atoms with Crippen LogP contribution in [0.4, 0.5) is 18.9 Å². The van der Waals surface area contributed by atoms with Crippen molar-refractivity contribution in [2.75, 3.05) is 11.1 Å². The predicted octanol–water partition coefficient (Wildman–Crippen LogP) is 2.75. The molecule has 3 nitrogen and oxygen atoms in total. The number of nitrogen functional groups attached to an aromatic ring is 1. The predicted molar refractivity (Wildman–Crippen MR) is 55.7 cm³/mol. The Morgan fingerprint density at radius 3 is 2.56 bits per heavy atom. The Labute approximate surface area is 97.5 Å². The van der Waals surface area contributed by atoms with E-state index in [1.807, 2.05) is 0 Å². The van der Waals surface area contributed by atoms with Gasteiger partial charge in [0.2, 0.25) is 0 Å². The van der Waals surface area contributed by atoms with Crippen LogP contribution in [0.5, 0.6) is 5.75 Å². The summed E-state index contributed by atoms with van der Waals surface area (Å²) >= 11 is 2.90. The molecular weight excluding hydrogens is 291 g/mol. The lowest BCUT2D eigenvalue weighted by Gasteiger charge is -2.10. The molecule has 0 atom stereocenters. The van der Waals surface area contributed by atoms with Gasteiger partial charge in [0.05, 0.1) is 5.33 Å². The molecule has 0 spiro atoms. The van der Waals surface area contributed by atoms with Crippen LogP contribution in [0.3, 0.4) is 0 Å². The maximum Gasteiger partial charge on any atom is 0.573 e. The van der Waals surface area contributed by atoms with Gasteiger partial charge in [0.15, 0.2) is 5.78 Å². The first-order chi connectivity index (χ1) is 7.33. The summed E-state index contributed by atoms with van der Waals surface area (Å²) in [5.41, 5.74) is 5.56. The normalized spacial score (nSPS) is 11.2. The molecular formula is C9H7BrF3NO2. The zero-order chi connectivity index (χ0) is 12.3. The standard InChI is InChI=1S/C9H7BrF3NO2/c10-4-8(15)6-3-5(1-2-7(6)14)16-9(11,12)13/h1-3H,4,14H2. The molecule has 0 aliphatic carbocycles. The number of benzene rings is 1. The fraction of sp³-hybridized carbons (Fsp3) is 0.222. The number of hydrogen-bond acceptors (Lipinski definition) is 3. The average Bonchev–Trinajstić information content (AvgIpc) is 2.18. The van der Waals surface area contributed by atoms with Crippen molar-refractivity contribution < 1.29 is 22.7 Å². The Balaban J connectivity index is 3.03. The Morgan fingerprint density at radius 1 is 1.44 bits per heavy atom. The van der Waals surface area contributed by atoms with E-state index < -0.39 is 17.9 Å². The first kappa shape index (κ1) is 12.8. The molecule has 0 bridgehead atoms. The van der Waals surface area contributed by atoms with Crippen molar-refractivity contribution in [3.8, 4) is 5.75 Å². The molecule has 0 saturated heterocycles. The fourth-order valence-electron chi connectivity index (χ4n) is 1.05. The van der Waals surface area contributed by atoms with Gasteiger partial charge in [-0.2, -0.15) is 0 Å². The second-order valence-electron chi connectivity index (χ2n) is 2.85. The Kier molecular flexibility index (Phi) is 3.79. The molecule has 88 valence electrons. The van der Waals surface area contributed by atoms with Gasteiger partial charge in [-0.15, -0.1) is 13.2 Å². The summed E-state index contributed by atoms with van der Waals surface area (Å²) in [5, 5.41) is -0.0212. The third-order valence-corrected chi connectivity index (χ3v) is 2.19.